The predicted molar refractivity (Wildman–Crippen MR) is 126 cm³/mol. The monoisotopic (exact) mass is 505 g/mol. The van der Waals surface area contributed by atoms with Crippen LogP contribution >= 0.6 is 15.9 Å². The van der Waals surface area contributed by atoms with Gasteiger partial charge < -0.3 is 5.11 Å². The Morgan fingerprint density at radius 2 is 1.33 bits per heavy atom. The molecule has 2 amide bonds. The summed E-state index contributed by atoms with van der Waals surface area (Å²) < 4.78 is 0.971. The highest BCUT2D eigenvalue weighted by atomic mass is 79.9. The molecule has 0 saturated carbocycles. The van der Waals surface area contributed by atoms with E-state index in [2.05, 4.69) is 15.9 Å². The third-order valence-corrected chi connectivity index (χ3v) is 6.27. The molecule has 0 aliphatic carbocycles. The molecule has 33 heavy (non-hydrogen) atoms. The summed E-state index contributed by atoms with van der Waals surface area (Å²) in [7, 11) is 0. The lowest BCUT2D eigenvalue weighted by atomic mass is 9.94. The molecule has 1 heterocycles. The number of carboxylic acid groups (broad SMARTS) is 1. The molecule has 0 bridgehead atoms. The van der Waals surface area contributed by atoms with Gasteiger partial charge in [0.15, 0.2) is 5.78 Å². The Labute approximate surface area is 199 Å². The Morgan fingerprint density at radius 1 is 0.818 bits per heavy atom. The number of fused-ring (bicyclic) bond motifs is 1. The highest BCUT2D eigenvalue weighted by Gasteiger charge is 2.35. The van der Waals surface area contributed by atoms with E-state index in [1.807, 2.05) is 36.4 Å². The van der Waals surface area contributed by atoms with Gasteiger partial charge in [0.2, 0.25) is 0 Å². The standard InChI is InChI=1S/C26H20BrNO5/c27-20-11-9-17(10-12-20)16-5-7-18(8-6-16)23(29)15-19(26(32)33)13-14-28-24(30)21-3-1-2-4-22(21)25(28)31/h1-12,19H,13-15H2,(H,32,33)/t19-/m0/s1. The van der Waals surface area contributed by atoms with E-state index in [1.165, 1.54) is 0 Å². The second-order valence-electron chi connectivity index (χ2n) is 7.84. The molecule has 7 heteroatoms. The van der Waals surface area contributed by atoms with Gasteiger partial charge in [-0.15, -0.1) is 0 Å². The largest absolute Gasteiger partial charge is 0.481 e. The number of amides is 2. The van der Waals surface area contributed by atoms with Crippen molar-refractivity contribution in [3.63, 3.8) is 0 Å². The van der Waals surface area contributed by atoms with Gasteiger partial charge in [-0.3, -0.25) is 24.1 Å². The van der Waals surface area contributed by atoms with Crippen LogP contribution < -0.4 is 0 Å². The average Bonchev–Trinajstić information content (AvgIpc) is 3.07. The Kier molecular flexibility index (Phi) is 6.51. The van der Waals surface area contributed by atoms with E-state index < -0.39 is 23.7 Å². The van der Waals surface area contributed by atoms with Crippen LogP contribution in [0.2, 0.25) is 0 Å². The van der Waals surface area contributed by atoms with Crippen molar-refractivity contribution in [3.05, 3.63) is 94.0 Å². The lowest BCUT2D eigenvalue weighted by molar-refractivity contribution is -0.142. The van der Waals surface area contributed by atoms with E-state index in [9.17, 15) is 24.3 Å². The van der Waals surface area contributed by atoms with Crippen LogP contribution in [0.25, 0.3) is 11.1 Å². The van der Waals surface area contributed by atoms with Gasteiger partial charge in [-0.05, 0) is 41.8 Å². The van der Waals surface area contributed by atoms with Crippen LogP contribution in [0.4, 0.5) is 0 Å². The van der Waals surface area contributed by atoms with E-state index in [0.29, 0.717) is 16.7 Å². The first-order chi connectivity index (χ1) is 15.8. The quantitative estimate of drug-likeness (QED) is 0.340. The van der Waals surface area contributed by atoms with Crippen molar-refractivity contribution in [2.75, 3.05) is 6.54 Å². The third kappa shape index (κ3) is 4.78. The van der Waals surface area contributed by atoms with Crippen molar-refractivity contribution in [3.8, 4) is 11.1 Å². The Balaban J connectivity index is 1.40. The second-order valence-corrected chi connectivity index (χ2v) is 8.76. The minimum absolute atomic E-state index is 0.00349. The molecule has 1 atom stereocenters. The summed E-state index contributed by atoms with van der Waals surface area (Å²) in [4.78, 5) is 50.5. The summed E-state index contributed by atoms with van der Waals surface area (Å²) in [6.45, 7) is -0.0565. The molecule has 3 aromatic rings. The van der Waals surface area contributed by atoms with Crippen molar-refractivity contribution < 1.29 is 24.3 Å². The van der Waals surface area contributed by atoms with Crippen molar-refractivity contribution in [2.24, 2.45) is 5.92 Å². The van der Waals surface area contributed by atoms with Gasteiger partial charge in [-0.1, -0.05) is 64.5 Å². The van der Waals surface area contributed by atoms with Crippen LogP contribution in [0.3, 0.4) is 0 Å². The zero-order valence-corrected chi connectivity index (χ0v) is 19.1. The normalized spacial score (nSPS) is 13.7. The summed E-state index contributed by atoms with van der Waals surface area (Å²) in [5, 5.41) is 9.62. The minimum atomic E-state index is -1.13. The van der Waals surface area contributed by atoms with Crippen molar-refractivity contribution in [2.45, 2.75) is 12.8 Å². The summed E-state index contributed by atoms with van der Waals surface area (Å²) >= 11 is 3.40. The number of hydrogen-bond donors (Lipinski definition) is 1. The number of ketones is 1. The van der Waals surface area contributed by atoms with Gasteiger partial charge in [0.05, 0.1) is 17.0 Å². The first-order valence-electron chi connectivity index (χ1n) is 10.4. The summed E-state index contributed by atoms with van der Waals surface area (Å²) in [6.07, 6.45) is -0.209. The number of Topliss-reactive ketones (excluding diaryl/α,β-unsaturated/α-hetero) is 1. The van der Waals surface area contributed by atoms with Crippen LogP contribution in [-0.2, 0) is 4.79 Å². The van der Waals surface area contributed by atoms with Gasteiger partial charge in [0.1, 0.15) is 0 Å². The molecule has 0 spiro atoms. The van der Waals surface area contributed by atoms with Crippen LogP contribution in [0.5, 0.6) is 0 Å². The fourth-order valence-electron chi connectivity index (χ4n) is 3.87. The topological polar surface area (TPSA) is 91.8 Å². The molecular formula is C26H20BrNO5. The molecule has 3 aromatic carbocycles. The molecule has 166 valence electrons. The SMILES string of the molecule is O=C(C[C@H](CCN1C(=O)c2ccccc2C1=O)C(=O)O)c1ccc(-c2ccc(Br)cc2)cc1. The van der Waals surface area contributed by atoms with Crippen LogP contribution in [0.1, 0.15) is 43.9 Å². The van der Waals surface area contributed by atoms with E-state index in [4.69, 9.17) is 0 Å². The molecule has 0 unspecified atom stereocenters. The summed E-state index contributed by atoms with van der Waals surface area (Å²) in [5.41, 5.74) is 3.00. The number of benzene rings is 3. The lowest BCUT2D eigenvalue weighted by Crippen LogP contribution is -2.33. The first-order valence-corrected chi connectivity index (χ1v) is 11.2. The molecule has 1 aliphatic rings. The highest BCUT2D eigenvalue weighted by molar-refractivity contribution is 9.10. The molecule has 0 fully saturated rings. The predicted octanol–water partition coefficient (Wildman–Crippen LogP) is 5.08. The maximum absolute atomic E-state index is 12.7. The second kappa shape index (κ2) is 9.50. The number of halogens is 1. The highest BCUT2D eigenvalue weighted by Crippen LogP contribution is 2.25. The summed E-state index contributed by atoms with van der Waals surface area (Å²) in [5.74, 6) is -3.31. The van der Waals surface area contributed by atoms with Gasteiger partial charge >= 0.3 is 5.97 Å². The number of rotatable bonds is 8. The molecule has 6 nitrogen and oxygen atoms in total. The Hall–Kier alpha value is -3.58. The molecule has 1 N–H and O–H groups in total. The van der Waals surface area contributed by atoms with E-state index in [-0.39, 0.29) is 25.2 Å². The third-order valence-electron chi connectivity index (χ3n) is 5.74. The van der Waals surface area contributed by atoms with Crippen molar-refractivity contribution in [1.82, 2.24) is 4.90 Å². The van der Waals surface area contributed by atoms with E-state index in [0.717, 1.165) is 20.5 Å². The number of carboxylic acids is 1. The first kappa shape index (κ1) is 22.6. The number of carbonyl (C=O) groups is 4. The number of hydrogen-bond acceptors (Lipinski definition) is 4. The maximum Gasteiger partial charge on any atom is 0.307 e. The molecule has 1 aliphatic heterocycles. The molecular weight excluding hydrogens is 486 g/mol. The van der Waals surface area contributed by atoms with Gasteiger partial charge in [0, 0.05) is 23.0 Å². The molecule has 0 aromatic heterocycles. The van der Waals surface area contributed by atoms with Crippen molar-refractivity contribution >= 4 is 39.5 Å². The van der Waals surface area contributed by atoms with Gasteiger partial charge in [-0.25, -0.2) is 0 Å². The fraction of sp³-hybridized carbons (Fsp3) is 0.154. The number of aliphatic carboxylic acids is 1. The zero-order chi connectivity index (χ0) is 23.5. The van der Waals surface area contributed by atoms with Gasteiger partial charge in [-0.2, -0.15) is 0 Å². The van der Waals surface area contributed by atoms with Gasteiger partial charge in [0.25, 0.3) is 11.8 Å². The fourth-order valence-corrected chi connectivity index (χ4v) is 4.14. The average molecular weight is 506 g/mol. The van der Waals surface area contributed by atoms with Crippen LogP contribution in [0, 0.1) is 5.92 Å². The number of imide groups is 1. The zero-order valence-electron chi connectivity index (χ0n) is 17.5. The van der Waals surface area contributed by atoms with Crippen molar-refractivity contribution in [1.29, 1.82) is 0 Å². The lowest BCUT2D eigenvalue weighted by Gasteiger charge is -2.17. The number of nitrogens with zero attached hydrogens (tertiary/aromatic N) is 1. The smallest absolute Gasteiger partial charge is 0.307 e. The summed E-state index contributed by atoms with van der Waals surface area (Å²) in [6, 6.07) is 21.3. The molecule has 0 radical (unpaired) electrons. The molecule has 4 rings (SSSR count). The number of carbonyl (C=O) groups excluding carboxylic acids is 3. The van der Waals surface area contributed by atoms with Crippen LogP contribution in [-0.4, -0.2) is 40.1 Å². The Bertz CT molecular complexity index is 1200. The molecule has 0 saturated heterocycles. The Morgan fingerprint density at radius 3 is 1.85 bits per heavy atom. The maximum atomic E-state index is 12.7. The minimum Gasteiger partial charge on any atom is -0.481 e. The van der Waals surface area contributed by atoms with E-state index in [1.54, 1.807) is 36.4 Å². The van der Waals surface area contributed by atoms with E-state index >= 15 is 0 Å². The van der Waals surface area contributed by atoms with Crippen LogP contribution in [0.15, 0.2) is 77.3 Å².